The number of nitrogens with two attached hydrogens (primary N) is 1. The van der Waals surface area contributed by atoms with Crippen molar-refractivity contribution < 1.29 is 9.47 Å². The number of thiazole rings is 1. The zero-order valence-corrected chi connectivity index (χ0v) is 11.1. The Morgan fingerprint density at radius 3 is 2.94 bits per heavy atom. The van der Waals surface area contributed by atoms with E-state index in [9.17, 15) is 0 Å². The van der Waals surface area contributed by atoms with Crippen LogP contribution in [-0.2, 0) is 22.6 Å². The summed E-state index contributed by atoms with van der Waals surface area (Å²) < 4.78 is 10.5. The first kappa shape index (κ1) is 12.8. The van der Waals surface area contributed by atoms with Gasteiger partial charge in [0.2, 0.25) is 0 Å². The average molecular weight is 257 g/mol. The summed E-state index contributed by atoms with van der Waals surface area (Å²) in [5, 5.41) is 1.04. The highest BCUT2D eigenvalue weighted by Crippen LogP contribution is 2.29. The summed E-state index contributed by atoms with van der Waals surface area (Å²) in [5.74, 6) is 0. The Labute approximate surface area is 106 Å². The van der Waals surface area contributed by atoms with Gasteiger partial charge in [0.05, 0.1) is 18.4 Å². The minimum absolute atomic E-state index is 0.325. The molecule has 0 radical (unpaired) electrons. The number of hydrogen-bond donors (Lipinski definition) is 1. The normalized spacial score (nSPS) is 20.2. The summed E-state index contributed by atoms with van der Waals surface area (Å²) in [6, 6.07) is 0. The van der Waals surface area contributed by atoms with Crippen LogP contribution in [0.4, 0.5) is 5.13 Å². The van der Waals surface area contributed by atoms with E-state index in [2.05, 4.69) is 9.88 Å². The molecule has 1 aromatic rings. The summed E-state index contributed by atoms with van der Waals surface area (Å²) in [7, 11) is 3.44. The van der Waals surface area contributed by atoms with Gasteiger partial charge in [-0.05, 0) is 6.42 Å². The Kier molecular flexibility index (Phi) is 4.33. The van der Waals surface area contributed by atoms with Gasteiger partial charge < -0.3 is 20.1 Å². The minimum Gasteiger partial charge on any atom is -0.380 e. The van der Waals surface area contributed by atoms with Crippen LogP contribution in [0.2, 0.25) is 0 Å². The molecule has 2 heterocycles. The van der Waals surface area contributed by atoms with E-state index >= 15 is 0 Å². The van der Waals surface area contributed by atoms with Crippen LogP contribution in [0, 0.1) is 0 Å². The van der Waals surface area contributed by atoms with E-state index in [0.29, 0.717) is 19.3 Å². The molecule has 0 bridgehead atoms. The number of nitrogens with zero attached hydrogens (tertiary/aromatic N) is 2. The summed E-state index contributed by atoms with van der Waals surface area (Å²) in [6.45, 7) is 2.98. The molecule has 0 saturated carbocycles. The van der Waals surface area contributed by atoms with Gasteiger partial charge in [-0.15, -0.1) is 11.3 Å². The lowest BCUT2D eigenvalue weighted by molar-refractivity contribution is 0.121. The van der Waals surface area contributed by atoms with Crippen molar-refractivity contribution in [3.8, 4) is 0 Å². The van der Waals surface area contributed by atoms with Gasteiger partial charge in [-0.3, -0.25) is 0 Å². The van der Waals surface area contributed by atoms with E-state index in [1.54, 1.807) is 25.6 Å². The maximum atomic E-state index is 5.72. The molecule has 1 aliphatic heterocycles. The zero-order valence-electron chi connectivity index (χ0n) is 10.3. The molecule has 1 unspecified atom stereocenters. The Hall–Kier alpha value is -0.690. The summed E-state index contributed by atoms with van der Waals surface area (Å²) in [4.78, 5) is 7.98. The number of hydrogen-bond acceptors (Lipinski definition) is 6. The van der Waals surface area contributed by atoms with Crippen molar-refractivity contribution in [1.29, 1.82) is 0 Å². The van der Waals surface area contributed by atoms with E-state index in [1.807, 2.05) is 0 Å². The van der Waals surface area contributed by atoms with Crippen molar-refractivity contribution in [3.63, 3.8) is 0 Å². The molecule has 0 aliphatic carbocycles. The highest BCUT2D eigenvalue weighted by atomic mass is 32.1. The first-order chi connectivity index (χ1) is 8.28. The van der Waals surface area contributed by atoms with Gasteiger partial charge in [0.25, 0.3) is 0 Å². The summed E-state index contributed by atoms with van der Waals surface area (Å²) in [6.07, 6.45) is 1.39. The van der Waals surface area contributed by atoms with E-state index in [-0.39, 0.29) is 0 Å². The molecular formula is C11H19N3O2S. The Bertz CT molecular complexity index is 370. The number of aromatic nitrogens is 1. The molecule has 96 valence electrons. The van der Waals surface area contributed by atoms with Gasteiger partial charge >= 0.3 is 0 Å². The zero-order chi connectivity index (χ0) is 12.3. The average Bonchev–Trinajstić information content (AvgIpc) is 2.94. The molecular weight excluding hydrogens is 238 g/mol. The van der Waals surface area contributed by atoms with Crippen LogP contribution < -0.4 is 10.6 Å². The van der Waals surface area contributed by atoms with Crippen LogP contribution in [0.3, 0.4) is 0 Å². The molecule has 2 rings (SSSR count). The lowest BCUT2D eigenvalue weighted by Gasteiger charge is -2.13. The topological polar surface area (TPSA) is 60.6 Å². The first-order valence-electron chi connectivity index (χ1n) is 5.73. The molecule has 0 aromatic carbocycles. The van der Waals surface area contributed by atoms with Crippen LogP contribution in [0.25, 0.3) is 0 Å². The third-order valence-electron chi connectivity index (χ3n) is 2.98. The fraction of sp³-hybridized carbons (Fsp3) is 0.727. The quantitative estimate of drug-likeness (QED) is 0.852. The largest absolute Gasteiger partial charge is 0.380 e. The molecule has 1 fully saturated rings. The van der Waals surface area contributed by atoms with Crippen LogP contribution in [0.5, 0.6) is 0 Å². The molecule has 1 aliphatic rings. The second kappa shape index (κ2) is 5.77. The molecule has 1 atom stereocenters. The Balaban J connectivity index is 2.11. The minimum atomic E-state index is 0.325. The SMILES string of the molecule is COCc1nc(N2CCC(OC)C2)sc1CN. The molecule has 6 heteroatoms. The summed E-state index contributed by atoms with van der Waals surface area (Å²) >= 11 is 1.66. The van der Waals surface area contributed by atoms with Gasteiger partial charge in [-0.2, -0.15) is 0 Å². The predicted octanol–water partition coefficient (Wildman–Crippen LogP) is 0.973. The molecule has 0 spiro atoms. The first-order valence-corrected chi connectivity index (χ1v) is 6.55. The number of anilines is 1. The van der Waals surface area contributed by atoms with Crippen molar-refractivity contribution in [2.45, 2.75) is 25.7 Å². The number of ether oxygens (including phenoxy) is 2. The van der Waals surface area contributed by atoms with Crippen LogP contribution >= 0.6 is 11.3 Å². The lowest BCUT2D eigenvalue weighted by atomic mass is 10.3. The fourth-order valence-corrected chi connectivity index (χ4v) is 2.99. The van der Waals surface area contributed by atoms with Crippen molar-refractivity contribution in [3.05, 3.63) is 10.6 Å². The maximum Gasteiger partial charge on any atom is 0.186 e. The van der Waals surface area contributed by atoms with Crippen LogP contribution in [-0.4, -0.2) is 38.4 Å². The lowest BCUT2D eigenvalue weighted by Crippen LogP contribution is -2.21. The van der Waals surface area contributed by atoms with Crippen molar-refractivity contribution in [1.82, 2.24) is 4.98 Å². The molecule has 2 N–H and O–H groups in total. The Morgan fingerprint density at radius 2 is 2.35 bits per heavy atom. The molecule has 0 amide bonds. The Morgan fingerprint density at radius 1 is 1.53 bits per heavy atom. The van der Waals surface area contributed by atoms with Gasteiger partial charge in [-0.1, -0.05) is 0 Å². The fourth-order valence-electron chi connectivity index (χ4n) is 2.01. The van der Waals surface area contributed by atoms with Crippen LogP contribution in [0.15, 0.2) is 0 Å². The molecule has 1 aromatic heterocycles. The van der Waals surface area contributed by atoms with Crippen molar-refractivity contribution in [2.24, 2.45) is 5.73 Å². The second-order valence-corrected chi connectivity index (χ2v) is 5.16. The standard InChI is InChI=1S/C11H19N3O2S/c1-15-7-9-10(5-12)17-11(13-9)14-4-3-8(6-14)16-2/h8H,3-7,12H2,1-2H3. The smallest absolute Gasteiger partial charge is 0.186 e. The highest BCUT2D eigenvalue weighted by Gasteiger charge is 2.25. The van der Waals surface area contributed by atoms with Crippen molar-refractivity contribution >= 4 is 16.5 Å². The van der Waals surface area contributed by atoms with E-state index in [1.165, 1.54) is 0 Å². The highest BCUT2D eigenvalue weighted by molar-refractivity contribution is 7.15. The monoisotopic (exact) mass is 257 g/mol. The third-order valence-corrected chi connectivity index (χ3v) is 4.16. The third kappa shape index (κ3) is 2.77. The maximum absolute atomic E-state index is 5.72. The van der Waals surface area contributed by atoms with Gasteiger partial charge in [-0.25, -0.2) is 4.98 Å². The molecule has 17 heavy (non-hydrogen) atoms. The van der Waals surface area contributed by atoms with E-state index < -0.39 is 0 Å². The number of rotatable bonds is 5. The second-order valence-electron chi connectivity index (χ2n) is 4.10. The number of methoxy groups -OCH3 is 2. The van der Waals surface area contributed by atoms with Gasteiger partial charge in [0.1, 0.15) is 0 Å². The predicted molar refractivity (Wildman–Crippen MR) is 68.3 cm³/mol. The van der Waals surface area contributed by atoms with Gasteiger partial charge in [0, 0.05) is 38.7 Å². The van der Waals surface area contributed by atoms with Gasteiger partial charge in [0.15, 0.2) is 5.13 Å². The molecule has 1 saturated heterocycles. The van der Waals surface area contributed by atoms with E-state index in [0.717, 1.165) is 35.2 Å². The van der Waals surface area contributed by atoms with E-state index in [4.69, 9.17) is 15.2 Å². The summed E-state index contributed by atoms with van der Waals surface area (Å²) in [5.41, 5.74) is 6.69. The van der Waals surface area contributed by atoms with Crippen LogP contribution in [0.1, 0.15) is 17.0 Å². The molecule has 5 nitrogen and oxygen atoms in total. The van der Waals surface area contributed by atoms with Crippen molar-refractivity contribution in [2.75, 3.05) is 32.2 Å².